The first-order chi connectivity index (χ1) is 18.0. The van der Waals surface area contributed by atoms with E-state index in [9.17, 15) is 9.90 Å². The Morgan fingerprint density at radius 1 is 0.973 bits per heavy atom. The number of hydrogen-bond donors (Lipinski definition) is 1. The summed E-state index contributed by atoms with van der Waals surface area (Å²) in [7, 11) is 2.27. The van der Waals surface area contributed by atoms with Crippen LogP contribution in [0.4, 0.5) is 5.69 Å². The average molecular weight is 520 g/mol. The zero-order chi connectivity index (χ0) is 25.5. The maximum absolute atomic E-state index is 11.9. The number of fused-ring (bicyclic) bond motifs is 5. The summed E-state index contributed by atoms with van der Waals surface area (Å²) in [4.78, 5) is 17.0. The highest BCUT2D eigenvalue weighted by molar-refractivity contribution is 6.31. The molecule has 2 fully saturated rings. The van der Waals surface area contributed by atoms with Crippen molar-refractivity contribution in [3.63, 3.8) is 0 Å². The summed E-state index contributed by atoms with van der Waals surface area (Å²) in [6.07, 6.45) is 11.3. The summed E-state index contributed by atoms with van der Waals surface area (Å²) >= 11 is 6.61. The molecule has 1 aromatic heterocycles. The van der Waals surface area contributed by atoms with Crippen molar-refractivity contribution < 1.29 is 9.90 Å². The first-order valence-corrected chi connectivity index (χ1v) is 14.5. The van der Waals surface area contributed by atoms with Crippen LogP contribution in [0.2, 0.25) is 5.02 Å². The molecule has 6 heteroatoms. The Labute approximate surface area is 225 Å². The number of benzene rings is 2. The highest BCUT2D eigenvalue weighted by Crippen LogP contribution is 2.48. The van der Waals surface area contributed by atoms with Crippen LogP contribution >= 0.6 is 11.6 Å². The zero-order valence-corrected chi connectivity index (χ0v) is 22.6. The number of carboxylic acid groups (broad SMARTS) is 1. The SMILES string of the molecule is CN1CCCCC1CCN1CCn2c(c(C3CCCCC3)c3ccc(C(=O)O)cc32)-c2ccc(Cl)cc21. The quantitative estimate of drug-likeness (QED) is 0.381. The van der Waals surface area contributed by atoms with E-state index in [2.05, 4.69) is 39.6 Å². The normalized spacial score (nSPS) is 21.0. The lowest BCUT2D eigenvalue weighted by Crippen LogP contribution is -2.39. The smallest absolute Gasteiger partial charge is 0.335 e. The minimum absolute atomic E-state index is 0.362. The molecule has 0 spiro atoms. The van der Waals surface area contributed by atoms with E-state index in [0.29, 0.717) is 17.5 Å². The molecule has 0 radical (unpaired) electrons. The summed E-state index contributed by atoms with van der Waals surface area (Å²) in [6, 6.07) is 12.8. The molecular formula is C31H38ClN3O2. The van der Waals surface area contributed by atoms with Crippen LogP contribution in [0.3, 0.4) is 0 Å². The summed E-state index contributed by atoms with van der Waals surface area (Å²) in [6.45, 7) is 3.93. The van der Waals surface area contributed by atoms with E-state index in [1.54, 1.807) is 6.07 Å². The van der Waals surface area contributed by atoms with Gasteiger partial charge in [-0.25, -0.2) is 4.79 Å². The van der Waals surface area contributed by atoms with Crippen molar-refractivity contribution in [2.45, 2.75) is 76.3 Å². The fourth-order valence-corrected chi connectivity index (χ4v) is 7.36. The van der Waals surface area contributed by atoms with Crippen LogP contribution in [0.1, 0.15) is 79.6 Å². The van der Waals surface area contributed by atoms with Crippen LogP contribution in [0.25, 0.3) is 22.2 Å². The van der Waals surface area contributed by atoms with Crippen LogP contribution in [0.5, 0.6) is 0 Å². The molecule has 5 nitrogen and oxygen atoms in total. The van der Waals surface area contributed by atoms with Gasteiger partial charge in [-0.1, -0.05) is 43.4 Å². The molecule has 1 saturated heterocycles. The van der Waals surface area contributed by atoms with E-state index in [1.807, 2.05) is 12.1 Å². The minimum atomic E-state index is -0.865. The Hall–Kier alpha value is -2.50. The van der Waals surface area contributed by atoms with Gasteiger partial charge >= 0.3 is 5.97 Å². The predicted octanol–water partition coefficient (Wildman–Crippen LogP) is 7.40. The monoisotopic (exact) mass is 519 g/mol. The minimum Gasteiger partial charge on any atom is -0.478 e. The molecule has 3 heterocycles. The number of piperidine rings is 1. The van der Waals surface area contributed by atoms with Crippen LogP contribution < -0.4 is 4.90 Å². The molecule has 1 saturated carbocycles. The number of halogens is 1. The van der Waals surface area contributed by atoms with E-state index < -0.39 is 5.97 Å². The molecule has 1 aliphatic carbocycles. The van der Waals surface area contributed by atoms with E-state index in [0.717, 1.165) is 36.6 Å². The van der Waals surface area contributed by atoms with Gasteiger partial charge in [0.05, 0.1) is 11.3 Å². The van der Waals surface area contributed by atoms with E-state index in [4.69, 9.17) is 11.6 Å². The number of likely N-dealkylation sites (tertiary alicyclic amines) is 1. The Morgan fingerprint density at radius 3 is 2.57 bits per heavy atom. The second-order valence-electron chi connectivity index (χ2n) is 11.4. The van der Waals surface area contributed by atoms with Crippen LogP contribution in [0, 0.1) is 0 Å². The number of nitrogens with zero attached hydrogens (tertiary/aromatic N) is 3. The van der Waals surface area contributed by atoms with Crippen molar-refractivity contribution in [2.75, 3.05) is 31.6 Å². The van der Waals surface area contributed by atoms with Crippen molar-refractivity contribution in [3.05, 3.63) is 52.5 Å². The molecule has 2 aromatic carbocycles. The van der Waals surface area contributed by atoms with Gasteiger partial charge in [-0.05, 0) is 87.5 Å². The molecule has 1 unspecified atom stereocenters. The Bertz CT molecular complexity index is 1310. The van der Waals surface area contributed by atoms with Gasteiger partial charge in [0.2, 0.25) is 0 Å². The van der Waals surface area contributed by atoms with E-state index in [-0.39, 0.29) is 0 Å². The molecule has 2 aliphatic heterocycles. The summed E-state index contributed by atoms with van der Waals surface area (Å²) < 4.78 is 2.42. The van der Waals surface area contributed by atoms with Gasteiger partial charge in [-0.3, -0.25) is 0 Å². The maximum Gasteiger partial charge on any atom is 0.335 e. The van der Waals surface area contributed by atoms with Gasteiger partial charge in [-0.2, -0.15) is 0 Å². The number of anilines is 1. The zero-order valence-electron chi connectivity index (χ0n) is 21.9. The summed E-state index contributed by atoms with van der Waals surface area (Å²) in [5.41, 5.74) is 6.60. The van der Waals surface area contributed by atoms with E-state index >= 15 is 0 Å². The highest BCUT2D eigenvalue weighted by Gasteiger charge is 2.31. The number of rotatable bonds is 5. The fourth-order valence-electron chi connectivity index (χ4n) is 7.19. The lowest BCUT2D eigenvalue weighted by molar-refractivity contribution is 0.0697. The number of aromatic nitrogens is 1. The highest BCUT2D eigenvalue weighted by atomic mass is 35.5. The molecule has 0 bridgehead atoms. The lowest BCUT2D eigenvalue weighted by Gasteiger charge is -2.35. The first-order valence-electron chi connectivity index (χ1n) is 14.2. The lowest BCUT2D eigenvalue weighted by atomic mass is 9.81. The van der Waals surface area contributed by atoms with E-state index in [1.165, 1.54) is 85.8 Å². The number of aromatic carboxylic acids is 1. The Morgan fingerprint density at radius 2 is 1.78 bits per heavy atom. The molecule has 3 aromatic rings. The topological polar surface area (TPSA) is 48.7 Å². The van der Waals surface area contributed by atoms with Gasteiger partial charge in [0.1, 0.15) is 0 Å². The van der Waals surface area contributed by atoms with Crippen molar-refractivity contribution in [1.82, 2.24) is 9.47 Å². The molecule has 196 valence electrons. The predicted molar refractivity (Wildman–Crippen MR) is 152 cm³/mol. The maximum atomic E-state index is 11.9. The number of hydrogen-bond acceptors (Lipinski definition) is 3. The van der Waals surface area contributed by atoms with Gasteiger partial charge in [0.15, 0.2) is 0 Å². The van der Waals surface area contributed by atoms with Crippen LogP contribution in [-0.4, -0.2) is 53.3 Å². The molecule has 6 rings (SSSR count). The summed E-state index contributed by atoms with van der Waals surface area (Å²) in [5, 5.41) is 11.8. The molecular weight excluding hydrogens is 482 g/mol. The third kappa shape index (κ3) is 4.66. The fraction of sp³-hybridized carbons (Fsp3) is 0.516. The van der Waals surface area contributed by atoms with Crippen molar-refractivity contribution in [1.29, 1.82) is 0 Å². The molecule has 3 aliphatic rings. The third-order valence-electron chi connectivity index (χ3n) is 9.17. The first kappa shape index (κ1) is 24.8. The molecule has 0 amide bonds. The number of carbonyl (C=O) groups is 1. The summed E-state index contributed by atoms with van der Waals surface area (Å²) in [5.74, 6) is -0.357. The number of carboxylic acids is 1. The molecule has 1 N–H and O–H groups in total. The molecule has 1 atom stereocenters. The molecule has 37 heavy (non-hydrogen) atoms. The largest absolute Gasteiger partial charge is 0.478 e. The Kier molecular flexibility index (Phi) is 6.93. The second kappa shape index (κ2) is 10.3. The van der Waals surface area contributed by atoms with Gasteiger partial charge in [-0.15, -0.1) is 0 Å². The van der Waals surface area contributed by atoms with Crippen LogP contribution in [0.15, 0.2) is 36.4 Å². The van der Waals surface area contributed by atoms with Crippen molar-refractivity contribution in [3.8, 4) is 11.3 Å². The second-order valence-corrected chi connectivity index (χ2v) is 11.8. The van der Waals surface area contributed by atoms with Gasteiger partial charge < -0.3 is 19.5 Å². The van der Waals surface area contributed by atoms with Gasteiger partial charge in [0, 0.05) is 52.9 Å². The average Bonchev–Trinajstić information content (AvgIpc) is 3.14. The standard InChI is InChI=1S/C31H38ClN3O2/c1-33-15-6-5-9-24(33)14-16-34-17-18-35-28-19-22(31(36)37)10-12-25(28)29(21-7-3-2-4-8-21)30(35)26-13-11-23(32)20-27(26)34/h10-13,19-21,24H,2-9,14-18H2,1H3,(H,36,37). The Balaban J connectivity index is 1.47. The van der Waals surface area contributed by atoms with Crippen molar-refractivity contribution >= 4 is 34.2 Å². The third-order valence-corrected chi connectivity index (χ3v) is 9.40. The van der Waals surface area contributed by atoms with Crippen LogP contribution in [-0.2, 0) is 6.54 Å². The van der Waals surface area contributed by atoms with Gasteiger partial charge in [0.25, 0.3) is 0 Å². The van der Waals surface area contributed by atoms with Crippen molar-refractivity contribution in [2.24, 2.45) is 0 Å².